The van der Waals surface area contributed by atoms with Gasteiger partial charge in [0.2, 0.25) is 0 Å². The number of rotatable bonds is 0. The molecule has 0 aromatic heterocycles. The number of hydrogen-bond acceptors (Lipinski definition) is 0. The van der Waals surface area contributed by atoms with Crippen molar-refractivity contribution >= 4 is 0 Å². The third-order valence-electron chi connectivity index (χ3n) is 6.64. The molecule has 0 saturated carbocycles. The Hall–Kier alpha value is -2.86. The number of aryl methyl sites for hydroxylation is 1. The van der Waals surface area contributed by atoms with Crippen LogP contribution in [0.1, 0.15) is 49.8 Å². The molecule has 1 atom stereocenters. The molecule has 0 saturated heterocycles. The number of fused-ring (bicyclic) bond motifs is 9. The van der Waals surface area contributed by atoms with Crippen LogP contribution in [0.5, 0.6) is 0 Å². The van der Waals surface area contributed by atoms with Gasteiger partial charge in [-0.1, -0.05) is 98.3 Å². The lowest BCUT2D eigenvalue weighted by molar-refractivity contribution is 0.766. The van der Waals surface area contributed by atoms with E-state index in [1.54, 1.807) is 0 Å². The molecule has 0 nitrogen and oxygen atoms in total. The maximum Gasteiger partial charge on any atom is 0.0719 e. The van der Waals surface area contributed by atoms with Gasteiger partial charge in [-0.25, -0.2) is 0 Å². The largest absolute Gasteiger partial charge is 0.0801 e. The van der Waals surface area contributed by atoms with Crippen LogP contribution in [0.15, 0.2) is 101 Å². The lowest BCUT2D eigenvalue weighted by Gasteiger charge is -2.33. The maximum absolute atomic E-state index is 2.52. The van der Waals surface area contributed by atoms with Gasteiger partial charge in [-0.15, -0.1) is 0 Å². The summed E-state index contributed by atoms with van der Waals surface area (Å²) in [5.74, 6) is 0. The third-order valence-corrected chi connectivity index (χ3v) is 6.64. The topological polar surface area (TPSA) is 0 Å². The average molecular weight is 377 g/mol. The van der Waals surface area contributed by atoms with Crippen molar-refractivity contribution in [2.75, 3.05) is 0 Å². The molecular formula is C29H28. The summed E-state index contributed by atoms with van der Waals surface area (Å²) in [7, 11) is 0. The molecule has 0 bridgehead atoms. The van der Waals surface area contributed by atoms with Crippen LogP contribution in [0.3, 0.4) is 0 Å². The van der Waals surface area contributed by atoms with Crippen LogP contribution >= 0.6 is 0 Å². The normalized spacial score (nSPS) is 22.7. The molecule has 0 heterocycles. The average Bonchev–Trinajstić information content (AvgIpc) is 3.06. The van der Waals surface area contributed by atoms with Crippen LogP contribution in [-0.2, 0) is 5.41 Å². The Labute approximate surface area is 174 Å². The van der Waals surface area contributed by atoms with E-state index in [-0.39, 0.29) is 5.41 Å². The molecule has 0 heteroatoms. The first kappa shape index (κ1) is 18.2. The zero-order valence-corrected chi connectivity index (χ0v) is 17.6. The smallest absolute Gasteiger partial charge is 0.0719 e. The van der Waals surface area contributed by atoms with Gasteiger partial charge in [0.25, 0.3) is 0 Å². The fourth-order valence-corrected chi connectivity index (χ4v) is 5.67. The van der Waals surface area contributed by atoms with Gasteiger partial charge in [0.05, 0.1) is 5.41 Å². The summed E-state index contributed by atoms with van der Waals surface area (Å²) >= 11 is 0. The second-order valence-electron chi connectivity index (χ2n) is 8.04. The van der Waals surface area contributed by atoms with Crippen LogP contribution < -0.4 is 0 Å². The molecule has 29 heavy (non-hydrogen) atoms. The minimum atomic E-state index is -0.137. The Morgan fingerprint density at radius 2 is 1.62 bits per heavy atom. The van der Waals surface area contributed by atoms with Crippen molar-refractivity contribution in [3.05, 3.63) is 118 Å². The van der Waals surface area contributed by atoms with Crippen LogP contribution in [-0.4, -0.2) is 0 Å². The third kappa shape index (κ3) is 2.32. The Bertz CT molecular complexity index is 1150. The molecule has 0 fully saturated rings. The molecule has 2 aromatic carbocycles. The van der Waals surface area contributed by atoms with Gasteiger partial charge < -0.3 is 0 Å². The molecule has 0 radical (unpaired) electrons. The van der Waals surface area contributed by atoms with Gasteiger partial charge in [0, 0.05) is 0 Å². The van der Waals surface area contributed by atoms with Gasteiger partial charge in [-0.05, 0) is 70.7 Å². The lowest BCUT2D eigenvalue weighted by Crippen LogP contribution is -2.27. The van der Waals surface area contributed by atoms with Crippen molar-refractivity contribution < 1.29 is 0 Å². The van der Waals surface area contributed by atoms with Crippen molar-refractivity contribution in [1.29, 1.82) is 0 Å². The van der Waals surface area contributed by atoms with Gasteiger partial charge in [0.1, 0.15) is 0 Å². The first-order valence-corrected chi connectivity index (χ1v) is 11.0. The molecule has 2 aromatic rings. The summed E-state index contributed by atoms with van der Waals surface area (Å²) in [6, 6.07) is 16.1. The molecule has 0 N–H and O–H groups in total. The number of allylic oxidation sites excluding steroid dienone is 10. The van der Waals surface area contributed by atoms with E-state index in [1.807, 2.05) is 13.8 Å². The zero-order chi connectivity index (χ0) is 20.0. The number of benzene rings is 2. The van der Waals surface area contributed by atoms with Gasteiger partial charge in [-0.3, -0.25) is 0 Å². The fourth-order valence-electron chi connectivity index (χ4n) is 5.67. The van der Waals surface area contributed by atoms with E-state index < -0.39 is 0 Å². The van der Waals surface area contributed by atoms with Crippen LogP contribution in [0, 0.1) is 6.92 Å². The summed E-state index contributed by atoms with van der Waals surface area (Å²) in [5.41, 5.74) is 13.0. The maximum atomic E-state index is 2.52. The van der Waals surface area contributed by atoms with Crippen molar-refractivity contribution in [1.82, 2.24) is 0 Å². The van der Waals surface area contributed by atoms with Crippen LogP contribution in [0.4, 0.5) is 0 Å². The molecule has 4 aliphatic rings. The summed E-state index contributed by atoms with van der Waals surface area (Å²) in [5, 5.41) is 0. The van der Waals surface area contributed by atoms with Crippen molar-refractivity contribution in [3.8, 4) is 11.1 Å². The van der Waals surface area contributed by atoms with E-state index in [1.165, 1.54) is 50.1 Å². The second-order valence-corrected chi connectivity index (χ2v) is 8.04. The highest BCUT2D eigenvalue weighted by atomic mass is 14.5. The monoisotopic (exact) mass is 376 g/mol. The molecule has 6 rings (SSSR count). The quantitative estimate of drug-likeness (QED) is 0.441. The van der Waals surface area contributed by atoms with Crippen LogP contribution in [0.25, 0.3) is 11.1 Å². The first-order chi connectivity index (χ1) is 14.3. The Morgan fingerprint density at radius 3 is 2.52 bits per heavy atom. The summed E-state index contributed by atoms with van der Waals surface area (Å²) in [6.45, 7) is 6.22. The first-order valence-electron chi connectivity index (χ1n) is 11.0. The minimum absolute atomic E-state index is 0.137. The van der Waals surface area contributed by atoms with Crippen molar-refractivity contribution in [2.24, 2.45) is 0 Å². The SMILES string of the molecule is CC.Cc1ccc2c(c1)C1(C3=CCCC=C3C3=C1C=CC=CC3)c1ccccc1-2. The van der Waals surface area contributed by atoms with E-state index in [2.05, 4.69) is 85.8 Å². The predicted molar refractivity (Wildman–Crippen MR) is 124 cm³/mol. The molecule has 1 unspecified atom stereocenters. The highest BCUT2D eigenvalue weighted by Crippen LogP contribution is 2.64. The van der Waals surface area contributed by atoms with Crippen LogP contribution in [0.2, 0.25) is 0 Å². The molecule has 4 aliphatic carbocycles. The highest BCUT2D eigenvalue weighted by molar-refractivity contribution is 5.91. The van der Waals surface area contributed by atoms with Gasteiger partial charge in [0.15, 0.2) is 0 Å². The van der Waals surface area contributed by atoms with Crippen molar-refractivity contribution in [2.45, 2.75) is 45.4 Å². The Kier molecular flexibility index (Phi) is 4.32. The van der Waals surface area contributed by atoms with Crippen molar-refractivity contribution in [3.63, 3.8) is 0 Å². The lowest BCUT2D eigenvalue weighted by atomic mass is 9.68. The van der Waals surface area contributed by atoms with E-state index in [0.717, 1.165) is 19.3 Å². The standard InChI is InChI=1S/C27H22.C2H6/c1-18-15-16-22-21-11-6-8-14-25(21)27(26(22)17-18)23-12-4-2-3-9-19(23)20-10-5-7-13-24(20)27;1-2/h2-4,6,8,10-17H,5,7,9H2,1H3;1-2H3. The Morgan fingerprint density at radius 1 is 0.828 bits per heavy atom. The summed E-state index contributed by atoms with van der Waals surface area (Å²) < 4.78 is 0. The zero-order valence-electron chi connectivity index (χ0n) is 17.6. The van der Waals surface area contributed by atoms with E-state index in [4.69, 9.17) is 0 Å². The molecular weight excluding hydrogens is 348 g/mol. The second kappa shape index (κ2) is 6.88. The summed E-state index contributed by atoms with van der Waals surface area (Å²) in [4.78, 5) is 0. The van der Waals surface area contributed by atoms with E-state index in [9.17, 15) is 0 Å². The predicted octanol–water partition coefficient (Wildman–Crippen LogP) is 7.76. The van der Waals surface area contributed by atoms with E-state index in [0.29, 0.717) is 0 Å². The fraction of sp³-hybridized carbons (Fsp3) is 0.241. The molecule has 144 valence electrons. The minimum Gasteiger partial charge on any atom is -0.0801 e. The Balaban J connectivity index is 0.000000882. The molecule has 0 aliphatic heterocycles. The van der Waals surface area contributed by atoms with Gasteiger partial charge in [-0.2, -0.15) is 0 Å². The molecule has 1 spiro atoms. The number of hydrogen-bond donors (Lipinski definition) is 0. The highest BCUT2D eigenvalue weighted by Gasteiger charge is 2.53. The summed E-state index contributed by atoms with van der Waals surface area (Å²) in [6.07, 6.45) is 17.5. The van der Waals surface area contributed by atoms with Gasteiger partial charge >= 0.3 is 0 Å². The molecule has 0 amide bonds. The van der Waals surface area contributed by atoms with E-state index >= 15 is 0 Å².